The molecule has 0 bridgehead atoms. The molecule has 3 amide bonds. The summed E-state index contributed by atoms with van der Waals surface area (Å²) in [6.45, 7) is 2.82. The molecule has 5 aromatic rings. The van der Waals surface area contributed by atoms with Crippen molar-refractivity contribution < 1.29 is 32.3 Å². The van der Waals surface area contributed by atoms with E-state index in [0.29, 0.717) is 33.4 Å². The summed E-state index contributed by atoms with van der Waals surface area (Å²) in [6.07, 6.45) is 3.50. The summed E-state index contributed by atoms with van der Waals surface area (Å²) in [5.74, 6) is -0.535. The number of imide groups is 1. The predicted octanol–water partition coefficient (Wildman–Crippen LogP) is 6.61. The number of nitrogens with zero attached hydrogens (tertiary/aromatic N) is 6. The first-order chi connectivity index (χ1) is 27.3. The summed E-state index contributed by atoms with van der Waals surface area (Å²) >= 11 is 6.64. The number of piperidine rings is 2. The molecule has 2 N–H and O–H groups in total. The molecule has 2 aliphatic heterocycles. The van der Waals surface area contributed by atoms with Crippen LogP contribution in [0.5, 0.6) is 5.75 Å². The number of aromatic nitrogens is 5. The van der Waals surface area contributed by atoms with Crippen molar-refractivity contribution in [2.24, 2.45) is 13.0 Å². The van der Waals surface area contributed by atoms with Gasteiger partial charge < -0.3 is 15.0 Å². The SMILES string of the molecule is COc1cc2nn(C3CCC(CN4CCC(c5cc(Cl)cc6c5n(C)c(=O)n6C5CCC(=O)NC5=O)CC4)CC3)cc2cc1NC(=O)c1cccc(C(F)(F)F)n1. The number of hydrogen-bond acceptors (Lipinski definition) is 8. The van der Waals surface area contributed by atoms with Crippen LogP contribution in [0.15, 0.2) is 53.5 Å². The van der Waals surface area contributed by atoms with E-state index in [4.69, 9.17) is 21.4 Å². The Balaban J connectivity index is 0.887. The van der Waals surface area contributed by atoms with E-state index >= 15 is 0 Å². The molecular formula is C40H42ClF3N8O5. The molecule has 13 nitrogen and oxygen atoms in total. The minimum Gasteiger partial charge on any atom is -0.494 e. The molecule has 1 saturated carbocycles. The Bertz CT molecular complexity index is 2440. The lowest BCUT2D eigenvalue weighted by Crippen LogP contribution is -2.44. The van der Waals surface area contributed by atoms with Gasteiger partial charge in [-0.1, -0.05) is 17.7 Å². The summed E-state index contributed by atoms with van der Waals surface area (Å²) in [7, 11) is 3.17. The smallest absolute Gasteiger partial charge is 0.433 e. The number of rotatable bonds is 8. The number of imidazole rings is 1. The van der Waals surface area contributed by atoms with Crippen molar-refractivity contribution in [3.8, 4) is 5.75 Å². The van der Waals surface area contributed by atoms with E-state index in [9.17, 15) is 32.3 Å². The Morgan fingerprint density at radius 2 is 1.77 bits per heavy atom. The largest absolute Gasteiger partial charge is 0.494 e. The van der Waals surface area contributed by atoms with E-state index in [0.717, 1.165) is 86.8 Å². The average Bonchev–Trinajstić information content (AvgIpc) is 3.71. The summed E-state index contributed by atoms with van der Waals surface area (Å²) in [4.78, 5) is 57.0. The van der Waals surface area contributed by atoms with Crippen LogP contribution in [0.3, 0.4) is 0 Å². The zero-order valence-electron chi connectivity index (χ0n) is 31.4. The number of carbonyl (C=O) groups excluding carboxylic acids is 3. The van der Waals surface area contributed by atoms with Gasteiger partial charge in [-0.25, -0.2) is 9.78 Å². The highest BCUT2D eigenvalue weighted by atomic mass is 35.5. The number of ether oxygens (including phenoxy) is 1. The van der Waals surface area contributed by atoms with Gasteiger partial charge in [-0.15, -0.1) is 0 Å². The molecule has 1 atom stereocenters. The topological polar surface area (TPSA) is 145 Å². The first kappa shape index (κ1) is 38.6. The lowest BCUT2D eigenvalue weighted by Gasteiger charge is -2.37. The number of methoxy groups -OCH3 is 1. The van der Waals surface area contributed by atoms with Gasteiger partial charge in [-0.2, -0.15) is 18.3 Å². The zero-order chi connectivity index (χ0) is 40.2. The Kier molecular flexibility index (Phi) is 10.4. The molecule has 0 radical (unpaired) electrons. The Morgan fingerprint density at radius 1 is 1.02 bits per heavy atom. The molecular weight excluding hydrogens is 765 g/mol. The normalized spacial score (nSPS) is 21.3. The number of benzene rings is 2. The summed E-state index contributed by atoms with van der Waals surface area (Å²) < 4.78 is 50.1. The standard InChI is InChI=1S/C40H42ClF3N8O5/c1-49-36-27(17-25(41)18-32(36)52(39(49)56)31-10-11-35(53)47-38(31)55)23-12-14-50(15-13-23)20-22-6-8-26(9-7-22)51-21-24-16-30(33(57-2)19-29(24)48-51)46-37(54)28-4-3-5-34(45-28)40(42,43)44/h3-5,16-19,21-23,26,31H,6-15,20H2,1-2H3,(H,46,54)(H,47,53,55). The highest BCUT2D eigenvalue weighted by Crippen LogP contribution is 2.39. The van der Waals surface area contributed by atoms with Crippen LogP contribution in [-0.2, 0) is 22.8 Å². The van der Waals surface area contributed by atoms with Gasteiger partial charge in [0.2, 0.25) is 11.8 Å². The van der Waals surface area contributed by atoms with Gasteiger partial charge in [0.1, 0.15) is 23.2 Å². The van der Waals surface area contributed by atoms with E-state index < -0.39 is 29.7 Å². The quantitative estimate of drug-likeness (QED) is 0.167. The number of alkyl halides is 3. The van der Waals surface area contributed by atoms with Crippen molar-refractivity contribution in [2.75, 3.05) is 32.1 Å². The Morgan fingerprint density at radius 3 is 2.47 bits per heavy atom. The van der Waals surface area contributed by atoms with Crippen LogP contribution < -0.4 is 21.1 Å². The Labute approximate surface area is 330 Å². The number of likely N-dealkylation sites (tertiary alicyclic amines) is 1. The number of aryl methyl sites for hydroxylation is 1. The molecule has 1 unspecified atom stereocenters. The van der Waals surface area contributed by atoms with Gasteiger partial charge in [0.05, 0.1) is 35.4 Å². The number of pyridine rings is 1. The average molecular weight is 807 g/mol. The fraction of sp³-hybridized carbons (Fsp3) is 0.450. The van der Waals surface area contributed by atoms with Gasteiger partial charge in [-0.3, -0.25) is 33.5 Å². The van der Waals surface area contributed by atoms with Crippen molar-refractivity contribution in [1.82, 2.24) is 34.1 Å². The fourth-order valence-corrected chi connectivity index (χ4v) is 9.09. The molecule has 1 aliphatic carbocycles. The summed E-state index contributed by atoms with van der Waals surface area (Å²) in [5.41, 5.74) is 1.57. The molecule has 3 aliphatic rings. The van der Waals surface area contributed by atoms with Crippen molar-refractivity contribution in [2.45, 2.75) is 75.5 Å². The van der Waals surface area contributed by atoms with Crippen molar-refractivity contribution in [3.05, 3.63) is 81.1 Å². The molecule has 2 saturated heterocycles. The maximum atomic E-state index is 13.5. The molecule has 5 heterocycles. The maximum absolute atomic E-state index is 13.5. The third-order valence-electron chi connectivity index (χ3n) is 11.8. The molecule has 2 aromatic carbocycles. The van der Waals surface area contributed by atoms with E-state index in [1.807, 2.05) is 16.9 Å². The van der Waals surface area contributed by atoms with E-state index in [1.165, 1.54) is 17.7 Å². The molecule has 300 valence electrons. The highest BCUT2D eigenvalue weighted by Gasteiger charge is 2.35. The Hall–Kier alpha value is -5.22. The van der Waals surface area contributed by atoms with Gasteiger partial charge >= 0.3 is 11.9 Å². The first-order valence-electron chi connectivity index (χ1n) is 19.2. The molecule has 3 fully saturated rings. The van der Waals surface area contributed by atoms with Crippen LogP contribution in [0.1, 0.15) is 91.1 Å². The molecule has 8 rings (SSSR count). The van der Waals surface area contributed by atoms with E-state index in [2.05, 4.69) is 20.5 Å². The maximum Gasteiger partial charge on any atom is 0.433 e. The third-order valence-corrected chi connectivity index (χ3v) is 12.0. The molecule has 57 heavy (non-hydrogen) atoms. The first-order valence-corrected chi connectivity index (χ1v) is 19.5. The van der Waals surface area contributed by atoms with Crippen LogP contribution in [0.25, 0.3) is 21.9 Å². The van der Waals surface area contributed by atoms with Crippen molar-refractivity contribution in [3.63, 3.8) is 0 Å². The number of hydrogen-bond donors (Lipinski definition) is 2. The monoisotopic (exact) mass is 806 g/mol. The summed E-state index contributed by atoms with van der Waals surface area (Å²) in [6, 6.07) is 9.71. The van der Waals surface area contributed by atoms with Crippen LogP contribution in [-0.4, -0.2) is 73.3 Å². The minimum atomic E-state index is -4.67. The molecule has 3 aromatic heterocycles. The lowest BCUT2D eigenvalue weighted by molar-refractivity contribution is -0.141. The second kappa shape index (κ2) is 15.3. The third kappa shape index (κ3) is 7.64. The van der Waals surface area contributed by atoms with Crippen LogP contribution >= 0.6 is 11.6 Å². The van der Waals surface area contributed by atoms with Crippen LogP contribution in [0.4, 0.5) is 18.9 Å². The zero-order valence-corrected chi connectivity index (χ0v) is 32.2. The van der Waals surface area contributed by atoms with Gasteiger partial charge in [0.25, 0.3) is 5.91 Å². The second-order valence-electron chi connectivity index (χ2n) is 15.4. The number of nitrogens with one attached hydrogen (secondary N) is 2. The van der Waals surface area contributed by atoms with Crippen LogP contribution in [0.2, 0.25) is 5.02 Å². The predicted molar refractivity (Wildman–Crippen MR) is 206 cm³/mol. The van der Waals surface area contributed by atoms with Gasteiger partial charge in [-0.05, 0) is 106 Å². The molecule has 17 heteroatoms. The minimum absolute atomic E-state index is 0.170. The number of fused-ring (bicyclic) bond motifs is 2. The highest BCUT2D eigenvalue weighted by molar-refractivity contribution is 6.31. The van der Waals surface area contributed by atoms with Gasteiger partial charge in [0, 0.05) is 42.7 Å². The number of halogens is 4. The van der Waals surface area contributed by atoms with Crippen molar-refractivity contribution in [1.29, 1.82) is 0 Å². The van der Waals surface area contributed by atoms with Crippen LogP contribution in [0, 0.1) is 5.92 Å². The summed E-state index contributed by atoms with van der Waals surface area (Å²) in [5, 5.41) is 11.1. The number of amides is 3. The number of carbonyl (C=O) groups is 3. The van der Waals surface area contributed by atoms with E-state index in [1.54, 1.807) is 29.8 Å². The van der Waals surface area contributed by atoms with Crippen molar-refractivity contribution >= 4 is 56.9 Å². The second-order valence-corrected chi connectivity index (χ2v) is 15.8. The fourth-order valence-electron chi connectivity index (χ4n) is 8.87. The number of anilines is 1. The van der Waals surface area contributed by atoms with E-state index in [-0.39, 0.29) is 42.1 Å². The lowest BCUT2D eigenvalue weighted by atomic mass is 9.84. The molecule has 0 spiro atoms. The van der Waals surface area contributed by atoms with Gasteiger partial charge in [0.15, 0.2) is 0 Å².